The third kappa shape index (κ3) is 2.74. The van der Waals surface area contributed by atoms with Gasteiger partial charge in [0, 0.05) is 31.6 Å². The minimum atomic E-state index is 0.218. The predicted octanol–water partition coefficient (Wildman–Crippen LogP) is 0.766. The van der Waals surface area contributed by atoms with Crippen molar-refractivity contribution < 1.29 is 9.53 Å². The van der Waals surface area contributed by atoms with E-state index >= 15 is 0 Å². The molecule has 1 aliphatic carbocycles. The van der Waals surface area contributed by atoms with Crippen LogP contribution in [0.4, 0.5) is 0 Å². The van der Waals surface area contributed by atoms with Gasteiger partial charge in [0.05, 0.1) is 13.2 Å². The van der Waals surface area contributed by atoms with E-state index in [0.717, 1.165) is 19.7 Å². The molecule has 1 unspecified atom stereocenters. The summed E-state index contributed by atoms with van der Waals surface area (Å²) in [6.45, 7) is 5.23. The van der Waals surface area contributed by atoms with Crippen LogP contribution in [0.2, 0.25) is 0 Å². The van der Waals surface area contributed by atoms with Crippen molar-refractivity contribution >= 4 is 5.91 Å². The summed E-state index contributed by atoms with van der Waals surface area (Å²) in [6, 6.07) is 0.734. The third-order valence-electron chi connectivity index (χ3n) is 3.60. The van der Waals surface area contributed by atoms with Gasteiger partial charge >= 0.3 is 0 Å². The standard InChI is InChI=1S/C12H22N2O2/c1-2-14(11-4-3-5-11)12(15)8-10-9-16-7-6-13-10/h10-11,13H,2-9H2,1H3. The van der Waals surface area contributed by atoms with Crippen molar-refractivity contribution in [3.8, 4) is 0 Å². The van der Waals surface area contributed by atoms with Crippen LogP contribution in [0.25, 0.3) is 0 Å². The van der Waals surface area contributed by atoms with Crippen molar-refractivity contribution in [1.82, 2.24) is 10.2 Å². The summed E-state index contributed by atoms with van der Waals surface area (Å²) < 4.78 is 5.36. The maximum Gasteiger partial charge on any atom is 0.224 e. The number of hydrogen-bond donors (Lipinski definition) is 1. The summed E-state index contributed by atoms with van der Waals surface area (Å²) in [7, 11) is 0. The Hall–Kier alpha value is -0.610. The molecule has 0 aromatic heterocycles. The first kappa shape index (κ1) is 11.9. The van der Waals surface area contributed by atoms with E-state index in [1.54, 1.807) is 0 Å². The van der Waals surface area contributed by atoms with Crippen LogP contribution in [0, 0.1) is 0 Å². The number of nitrogens with one attached hydrogen (secondary N) is 1. The van der Waals surface area contributed by atoms with Gasteiger partial charge in [-0.1, -0.05) is 0 Å². The number of carbonyl (C=O) groups is 1. The SMILES string of the molecule is CCN(C(=O)CC1COCCN1)C1CCC1. The highest BCUT2D eigenvalue weighted by Gasteiger charge is 2.29. The Bertz CT molecular complexity index is 235. The van der Waals surface area contributed by atoms with Crippen LogP contribution < -0.4 is 5.32 Å². The summed E-state index contributed by atoms with van der Waals surface area (Å²) >= 11 is 0. The molecule has 4 heteroatoms. The molecule has 4 nitrogen and oxygen atoms in total. The first-order chi connectivity index (χ1) is 7.81. The van der Waals surface area contributed by atoms with E-state index in [9.17, 15) is 4.79 Å². The molecule has 92 valence electrons. The molecule has 16 heavy (non-hydrogen) atoms. The summed E-state index contributed by atoms with van der Waals surface area (Å²) in [4.78, 5) is 14.1. The second-order valence-corrected chi connectivity index (χ2v) is 4.69. The molecule has 1 saturated heterocycles. The molecule has 0 bridgehead atoms. The van der Waals surface area contributed by atoms with E-state index in [2.05, 4.69) is 12.2 Å². The molecule has 0 spiro atoms. The van der Waals surface area contributed by atoms with Crippen molar-refractivity contribution in [2.45, 2.75) is 44.7 Å². The van der Waals surface area contributed by atoms with Gasteiger partial charge in [-0.2, -0.15) is 0 Å². The van der Waals surface area contributed by atoms with Gasteiger partial charge in [0.2, 0.25) is 5.91 Å². The van der Waals surface area contributed by atoms with E-state index in [1.807, 2.05) is 4.90 Å². The lowest BCUT2D eigenvalue weighted by molar-refractivity contribution is -0.136. The lowest BCUT2D eigenvalue weighted by Crippen LogP contribution is -2.49. The highest BCUT2D eigenvalue weighted by Crippen LogP contribution is 2.25. The van der Waals surface area contributed by atoms with Gasteiger partial charge < -0.3 is 15.0 Å². The zero-order valence-corrected chi connectivity index (χ0v) is 10.1. The smallest absolute Gasteiger partial charge is 0.224 e. The highest BCUT2D eigenvalue weighted by atomic mass is 16.5. The molecule has 2 rings (SSSR count). The number of carbonyl (C=O) groups excluding carboxylic acids is 1. The van der Waals surface area contributed by atoms with Gasteiger partial charge in [-0.15, -0.1) is 0 Å². The highest BCUT2D eigenvalue weighted by molar-refractivity contribution is 5.77. The van der Waals surface area contributed by atoms with Crippen LogP contribution >= 0.6 is 0 Å². The summed E-state index contributed by atoms with van der Waals surface area (Å²) in [5.74, 6) is 0.287. The quantitative estimate of drug-likeness (QED) is 0.769. The average Bonchev–Trinajstić information content (AvgIpc) is 2.24. The van der Waals surface area contributed by atoms with Crippen LogP contribution in [0.5, 0.6) is 0 Å². The number of ether oxygens (including phenoxy) is 1. The first-order valence-corrected chi connectivity index (χ1v) is 6.42. The Labute approximate surface area is 97.3 Å². The van der Waals surface area contributed by atoms with E-state index in [0.29, 0.717) is 19.1 Å². The zero-order valence-electron chi connectivity index (χ0n) is 10.1. The molecule has 1 N–H and O–H groups in total. The predicted molar refractivity (Wildman–Crippen MR) is 62.3 cm³/mol. The third-order valence-corrected chi connectivity index (χ3v) is 3.60. The second kappa shape index (κ2) is 5.64. The Morgan fingerprint density at radius 1 is 1.50 bits per heavy atom. The van der Waals surface area contributed by atoms with Crippen molar-refractivity contribution in [1.29, 1.82) is 0 Å². The molecular weight excluding hydrogens is 204 g/mol. The molecule has 1 saturated carbocycles. The normalized spacial score (nSPS) is 26.2. The Balaban J connectivity index is 1.80. The maximum absolute atomic E-state index is 12.1. The van der Waals surface area contributed by atoms with Crippen molar-refractivity contribution in [2.24, 2.45) is 0 Å². The Kier molecular flexibility index (Phi) is 4.18. The summed E-state index contributed by atoms with van der Waals surface area (Å²) in [5.41, 5.74) is 0. The molecular formula is C12H22N2O2. The van der Waals surface area contributed by atoms with Gasteiger partial charge in [-0.05, 0) is 26.2 Å². The fraction of sp³-hybridized carbons (Fsp3) is 0.917. The molecule has 0 aromatic carbocycles. The van der Waals surface area contributed by atoms with Crippen LogP contribution in [0.1, 0.15) is 32.6 Å². The molecule has 0 radical (unpaired) electrons. The van der Waals surface area contributed by atoms with Crippen molar-refractivity contribution in [2.75, 3.05) is 26.3 Å². The Morgan fingerprint density at radius 2 is 2.31 bits per heavy atom. The topological polar surface area (TPSA) is 41.6 Å². The summed E-state index contributed by atoms with van der Waals surface area (Å²) in [6.07, 6.45) is 4.24. The molecule has 0 aromatic rings. The number of hydrogen-bond acceptors (Lipinski definition) is 3. The number of nitrogens with zero attached hydrogens (tertiary/aromatic N) is 1. The van der Waals surface area contributed by atoms with Crippen molar-refractivity contribution in [3.05, 3.63) is 0 Å². The lowest BCUT2D eigenvalue weighted by atomic mass is 9.91. The Morgan fingerprint density at radius 3 is 2.81 bits per heavy atom. The van der Waals surface area contributed by atoms with E-state index in [4.69, 9.17) is 4.74 Å². The van der Waals surface area contributed by atoms with E-state index in [-0.39, 0.29) is 11.9 Å². The van der Waals surface area contributed by atoms with E-state index < -0.39 is 0 Å². The fourth-order valence-electron chi connectivity index (χ4n) is 2.42. The largest absolute Gasteiger partial charge is 0.378 e. The number of morpholine rings is 1. The second-order valence-electron chi connectivity index (χ2n) is 4.69. The van der Waals surface area contributed by atoms with Crippen LogP contribution in [-0.2, 0) is 9.53 Å². The molecule has 1 amide bonds. The monoisotopic (exact) mass is 226 g/mol. The molecule has 1 heterocycles. The van der Waals surface area contributed by atoms with Gasteiger partial charge in [0.25, 0.3) is 0 Å². The lowest BCUT2D eigenvalue weighted by Gasteiger charge is -2.38. The fourth-order valence-corrected chi connectivity index (χ4v) is 2.42. The van der Waals surface area contributed by atoms with Crippen molar-refractivity contribution in [3.63, 3.8) is 0 Å². The van der Waals surface area contributed by atoms with Gasteiger partial charge in [-0.3, -0.25) is 4.79 Å². The number of rotatable bonds is 4. The van der Waals surface area contributed by atoms with Crippen LogP contribution in [0.15, 0.2) is 0 Å². The minimum Gasteiger partial charge on any atom is -0.378 e. The van der Waals surface area contributed by atoms with E-state index in [1.165, 1.54) is 19.3 Å². The molecule has 2 aliphatic rings. The van der Waals surface area contributed by atoms with Crippen LogP contribution in [-0.4, -0.2) is 49.2 Å². The molecule has 1 aliphatic heterocycles. The molecule has 2 fully saturated rings. The average molecular weight is 226 g/mol. The van der Waals surface area contributed by atoms with Gasteiger partial charge in [-0.25, -0.2) is 0 Å². The van der Waals surface area contributed by atoms with Gasteiger partial charge in [0.1, 0.15) is 0 Å². The summed E-state index contributed by atoms with van der Waals surface area (Å²) in [5, 5.41) is 3.33. The maximum atomic E-state index is 12.1. The van der Waals surface area contributed by atoms with Crippen LogP contribution in [0.3, 0.4) is 0 Å². The van der Waals surface area contributed by atoms with Gasteiger partial charge in [0.15, 0.2) is 0 Å². The minimum absolute atomic E-state index is 0.218. The first-order valence-electron chi connectivity index (χ1n) is 6.42. The number of amides is 1. The zero-order chi connectivity index (χ0) is 11.4. The molecule has 1 atom stereocenters.